The van der Waals surface area contributed by atoms with Crippen LogP contribution in [0.1, 0.15) is 12.5 Å². The normalized spacial score (nSPS) is 37.2. The number of H-pyrrole nitrogens is 1. The number of imidazole rings is 2. The van der Waals surface area contributed by atoms with Gasteiger partial charge in [-0.2, -0.15) is 4.98 Å². The number of hydrogen-bond acceptors (Lipinski definition) is 15. The maximum Gasteiger partial charge on any atom is 0.472 e. The van der Waals surface area contributed by atoms with Crippen molar-refractivity contribution < 1.29 is 56.7 Å². The minimum Gasteiger partial charge on any atom is -0.387 e. The minimum absolute atomic E-state index is 0.107. The molecule has 20 nitrogen and oxygen atoms in total. The Balaban J connectivity index is 1.21. The van der Waals surface area contributed by atoms with Gasteiger partial charge in [0, 0.05) is 0 Å². The van der Waals surface area contributed by atoms with E-state index < -0.39 is 83.5 Å². The van der Waals surface area contributed by atoms with Crippen LogP contribution >= 0.6 is 38.8 Å². The van der Waals surface area contributed by atoms with Gasteiger partial charge in [-0.1, -0.05) is 23.2 Å². The number of hydrogen-bond donors (Lipinski definition) is 6. The molecule has 3 fully saturated rings. The molecule has 10 atom stereocenters. The molecular formula is C22H23Cl2N7O13P2. The lowest BCUT2D eigenvalue weighted by Gasteiger charge is -2.26. The maximum absolute atomic E-state index is 13.2. The van der Waals surface area contributed by atoms with E-state index in [1.807, 2.05) is 0 Å². The monoisotopic (exact) mass is 725 g/mol. The van der Waals surface area contributed by atoms with Gasteiger partial charge in [0.2, 0.25) is 5.95 Å². The van der Waals surface area contributed by atoms with Crippen molar-refractivity contribution in [3.05, 3.63) is 45.2 Å². The summed E-state index contributed by atoms with van der Waals surface area (Å²) in [4.78, 5) is 48.0. The molecule has 2 bridgehead atoms. The third-order valence-corrected chi connectivity index (χ3v) is 10.2. The van der Waals surface area contributed by atoms with Gasteiger partial charge < -0.3 is 39.8 Å². The van der Waals surface area contributed by atoms with E-state index in [1.54, 1.807) is 0 Å². The molecule has 0 saturated carbocycles. The number of benzene rings is 1. The number of fused-ring (bicyclic) bond motifs is 5. The van der Waals surface area contributed by atoms with Crippen molar-refractivity contribution in [2.24, 2.45) is 0 Å². The van der Waals surface area contributed by atoms with Gasteiger partial charge in [0.15, 0.2) is 23.6 Å². The van der Waals surface area contributed by atoms with Gasteiger partial charge in [-0.3, -0.25) is 32.4 Å². The van der Waals surface area contributed by atoms with E-state index in [9.17, 15) is 33.9 Å². The zero-order valence-electron chi connectivity index (χ0n) is 22.8. The molecule has 3 aliphatic rings. The molecule has 4 aromatic rings. The van der Waals surface area contributed by atoms with Crippen LogP contribution in [0.4, 0.5) is 5.95 Å². The Morgan fingerprint density at radius 2 is 1.52 bits per heavy atom. The zero-order valence-corrected chi connectivity index (χ0v) is 26.1. The summed E-state index contributed by atoms with van der Waals surface area (Å²) in [6.07, 6.45) is -10.2. The highest BCUT2D eigenvalue weighted by atomic mass is 35.5. The first-order chi connectivity index (χ1) is 21.7. The number of rotatable bonds is 2. The first-order valence-corrected chi connectivity index (χ1v) is 17.0. The van der Waals surface area contributed by atoms with Crippen LogP contribution in [0.5, 0.6) is 0 Å². The third-order valence-electron chi connectivity index (χ3n) is 7.55. The van der Waals surface area contributed by atoms with Crippen LogP contribution in [-0.2, 0) is 36.7 Å². The first kappa shape index (κ1) is 32.0. The molecule has 0 radical (unpaired) electrons. The van der Waals surface area contributed by atoms with Crippen molar-refractivity contribution >= 4 is 67.0 Å². The molecule has 248 valence electrons. The van der Waals surface area contributed by atoms with Crippen LogP contribution in [0.3, 0.4) is 0 Å². The highest BCUT2D eigenvalue weighted by molar-refractivity contribution is 7.47. The van der Waals surface area contributed by atoms with Crippen molar-refractivity contribution in [3.8, 4) is 0 Å². The highest BCUT2D eigenvalue weighted by Gasteiger charge is 2.53. The summed E-state index contributed by atoms with van der Waals surface area (Å²) in [5, 5.41) is 22.6. The number of nitrogens with one attached hydrogen (secondary N) is 1. The van der Waals surface area contributed by atoms with E-state index in [-0.39, 0.29) is 27.2 Å². The average Bonchev–Trinajstić information content (AvgIpc) is 3.72. The standard InChI is InChI=1S/C22H23Cl2N7O13P2/c23-7-1-9-10(2-8(7)24)30(5-26-9)21-17-14(32)11(41-21)3-39-45(35,36)43-16-12(4-40-46(37,38)44-17)42-20(15(16)33)31-6-27-13-18(31)28-22(25)29-19(13)34/h1-2,5-6,11-12,14-17,20-21,32-33H,3-4H2,(H,35,36)(H,37,38)(H3,25,28,29,34)/t11-,12-,14+,15+,16?,17?,20-,21-/m1/s1. The summed E-state index contributed by atoms with van der Waals surface area (Å²) in [5.41, 5.74) is 5.41. The number of aliphatic hydroxyl groups is 2. The molecule has 3 aromatic heterocycles. The zero-order chi connectivity index (χ0) is 32.7. The lowest BCUT2D eigenvalue weighted by atomic mass is 10.1. The second-order valence-electron chi connectivity index (χ2n) is 10.5. The molecule has 0 amide bonds. The average molecular weight is 726 g/mol. The smallest absolute Gasteiger partial charge is 0.387 e. The van der Waals surface area contributed by atoms with Gasteiger partial charge in [-0.05, 0) is 12.1 Å². The van der Waals surface area contributed by atoms with E-state index in [0.29, 0.717) is 11.0 Å². The van der Waals surface area contributed by atoms with E-state index in [0.717, 1.165) is 10.9 Å². The molecule has 3 saturated heterocycles. The van der Waals surface area contributed by atoms with Gasteiger partial charge in [-0.25, -0.2) is 19.1 Å². The van der Waals surface area contributed by atoms with Gasteiger partial charge in [0.1, 0.15) is 36.6 Å². The van der Waals surface area contributed by atoms with Crippen LogP contribution in [0, 0.1) is 0 Å². The fourth-order valence-corrected chi connectivity index (χ4v) is 7.68. The molecule has 4 unspecified atom stereocenters. The van der Waals surface area contributed by atoms with Gasteiger partial charge in [0.25, 0.3) is 5.56 Å². The van der Waals surface area contributed by atoms with Crippen LogP contribution in [0.25, 0.3) is 22.2 Å². The fourth-order valence-electron chi connectivity index (χ4n) is 5.47. The summed E-state index contributed by atoms with van der Waals surface area (Å²) >= 11 is 12.3. The van der Waals surface area contributed by atoms with Crippen molar-refractivity contribution in [1.29, 1.82) is 0 Å². The number of aliphatic hydroxyl groups excluding tert-OH is 2. The topological polar surface area (TPSA) is 278 Å². The number of nitrogens with two attached hydrogens (primary N) is 1. The molecule has 24 heteroatoms. The summed E-state index contributed by atoms with van der Waals surface area (Å²) in [7, 11) is -10.2. The number of nitrogen functional groups attached to an aromatic ring is 1. The number of ether oxygens (including phenoxy) is 2. The lowest BCUT2D eigenvalue weighted by Crippen LogP contribution is -2.36. The Morgan fingerprint density at radius 1 is 0.891 bits per heavy atom. The van der Waals surface area contributed by atoms with Crippen LogP contribution in [-0.4, -0.2) is 98.9 Å². The number of phosphoric acid groups is 2. The van der Waals surface area contributed by atoms with Gasteiger partial charge >= 0.3 is 15.6 Å². The van der Waals surface area contributed by atoms with Crippen molar-refractivity contribution in [1.82, 2.24) is 29.1 Å². The summed E-state index contributed by atoms with van der Waals surface area (Å²) in [6, 6.07) is 2.92. The Hall–Kier alpha value is -2.52. The van der Waals surface area contributed by atoms with E-state index in [4.69, 9.17) is 56.5 Å². The predicted molar refractivity (Wildman–Crippen MR) is 153 cm³/mol. The Bertz CT molecular complexity index is 1990. The Kier molecular flexibility index (Phi) is 8.06. The van der Waals surface area contributed by atoms with Crippen LogP contribution < -0.4 is 11.3 Å². The fraction of sp³-hybridized carbons (Fsp3) is 0.455. The molecule has 46 heavy (non-hydrogen) atoms. The minimum atomic E-state index is -5.09. The number of phosphoric ester groups is 2. The van der Waals surface area contributed by atoms with Gasteiger partial charge in [-0.15, -0.1) is 0 Å². The number of aromatic amines is 1. The SMILES string of the molecule is Nc1nc2c(ncn2[C@@H]2O[C@@H]3COP(=O)(O)OC4[C@@H](O)[C@@H](COP(=O)(O)OC3[C@@H]2O)O[C@H]4n2cnc3cc(Cl)c(Cl)cc32)c(=O)[nH]1. The van der Waals surface area contributed by atoms with E-state index >= 15 is 0 Å². The second-order valence-corrected chi connectivity index (χ2v) is 14.1. The molecule has 6 heterocycles. The largest absolute Gasteiger partial charge is 0.472 e. The third kappa shape index (κ3) is 5.67. The Labute approximate surface area is 265 Å². The molecule has 3 aliphatic heterocycles. The van der Waals surface area contributed by atoms with Crippen molar-refractivity contribution in [3.63, 3.8) is 0 Å². The van der Waals surface area contributed by atoms with E-state index in [2.05, 4.69) is 19.9 Å². The predicted octanol–water partition coefficient (Wildman–Crippen LogP) is 0.593. The van der Waals surface area contributed by atoms with Crippen LogP contribution in [0.15, 0.2) is 29.6 Å². The Morgan fingerprint density at radius 3 is 2.26 bits per heavy atom. The van der Waals surface area contributed by atoms with Crippen molar-refractivity contribution in [2.45, 2.75) is 49.1 Å². The number of halogens is 2. The quantitative estimate of drug-likeness (QED) is 0.154. The van der Waals surface area contributed by atoms with Crippen LogP contribution in [0.2, 0.25) is 10.0 Å². The molecule has 1 aromatic carbocycles. The second kappa shape index (κ2) is 11.6. The molecule has 7 N–H and O–H groups in total. The van der Waals surface area contributed by atoms with E-state index in [1.165, 1.54) is 23.0 Å². The summed E-state index contributed by atoms with van der Waals surface area (Å²) in [5.74, 6) is -0.270. The first-order valence-electron chi connectivity index (χ1n) is 13.2. The molecular weight excluding hydrogens is 703 g/mol. The molecule has 0 aliphatic carbocycles. The number of aromatic nitrogens is 6. The molecule has 7 rings (SSSR count). The number of anilines is 1. The maximum atomic E-state index is 13.2. The summed E-state index contributed by atoms with van der Waals surface area (Å²) < 4.78 is 61.4. The van der Waals surface area contributed by atoms with Crippen molar-refractivity contribution in [2.75, 3.05) is 18.9 Å². The highest BCUT2D eigenvalue weighted by Crippen LogP contribution is 2.53. The lowest BCUT2D eigenvalue weighted by molar-refractivity contribution is -0.0671. The number of nitrogens with zero attached hydrogens (tertiary/aromatic N) is 5. The van der Waals surface area contributed by atoms with Gasteiger partial charge in [0.05, 0.1) is 46.9 Å². The summed E-state index contributed by atoms with van der Waals surface area (Å²) in [6.45, 7) is -1.63. The molecule has 0 spiro atoms.